The Morgan fingerprint density at radius 1 is 0.893 bits per heavy atom. The van der Waals surface area contributed by atoms with Crippen LogP contribution in [0.1, 0.15) is 41.5 Å². The predicted octanol–water partition coefficient (Wildman–Crippen LogP) is 3.45. The zero-order valence-corrected chi connectivity index (χ0v) is 16.1. The molecule has 148 valence electrons. The number of benzene rings is 2. The van der Waals surface area contributed by atoms with Gasteiger partial charge >= 0.3 is 11.9 Å². The zero-order chi connectivity index (χ0) is 20.5. The van der Waals surface area contributed by atoms with E-state index >= 15 is 0 Å². The summed E-state index contributed by atoms with van der Waals surface area (Å²) in [6.07, 6.45) is -0.211. The number of amides is 1. The molecule has 0 atom stereocenters. The first-order valence-corrected chi connectivity index (χ1v) is 8.90. The largest absolute Gasteiger partial charge is 0.494 e. The van der Waals surface area contributed by atoms with E-state index in [-0.39, 0.29) is 6.10 Å². The fourth-order valence-corrected chi connectivity index (χ4v) is 2.24. The Morgan fingerprint density at radius 3 is 2.04 bits per heavy atom. The molecule has 2 aromatic carbocycles. The molecule has 0 heterocycles. The molecule has 2 aromatic rings. The first-order chi connectivity index (χ1) is 13.4. The quantitative estimate of drug-likeness (QED) is 0.700. The van der Waals surface area contributed by atoms with Gasteiger partial charge in [0.15, 0.2) is 6.61 Å². The van der Waals surface area contributed by atoms with Gasteiger partial charge in [0, 0.05) is 5.69 Å². The Morgan fingerprint density at radius 2 is 1.46 bits per heavy atom. The average molecular weight is 385 g/mol. The molecule has 28 heavy (non-hydrogen) atoms. The van der Waals surface area contributed by atoms with E-state index < -0.39 is 24.5 Å². The summed E-state index contributed by atoms with van der Waals surface area (Å²) in [6.45, 7) is 5.50. The van der Waals surface area contributed by atoms with Gasteiger partial charge in [0.25, 0.3) is 5.91 Å². The molecule has 0 aromatic heterocycles. The molecule has 0 unspecified atom stereocenters. The van der Waals surface area contributed by atoms with Crippen molar-refractivity contribution in [2.75, 3.05) is 18.5 Å². The van der Waals surface area contributed by atoms with Crippen LogP contribution in [-0.2, 0) is 14.3 Å². The van der Waals surface area contributed by atoms with E-state index in [1.807, 2.05) is 6.92 Å². The SMILES string of the molecule is CCOc1ccc(C(=O)OCC(=O)Nc2ccc(C(=O)OC(C)C)cc2)cc1. The van der Waals surface area contributed by atoms with Crippen LogP contribution < -0.4 is 10.1 Å². The molecule has 7 heteroatoms. The van der Waals surface area contributed by atoms with Crippen molar-refractivity contribution in [1.82, 2.24) is 0 Å². The maximum Gasteiger partial charge on any atom is 0.338 e. The van der Waals surface area contributed by atoms with E-state index in [1.165, 1.54) is 0 Å². The molecule has 0 bridgehead atoms. The van der Waals surface area contributed by atoms with E-state index in [1.54, 1.807) is 62.4 Å². The van der Waals surface area contributed by atoms with E-state index in [4.69, 9.17) is 14.2 Å². The number of hydrogen-bond acceptors (Lipinski definition) is 6. The predicted molar refractivity (Wildman–Crippen MR) is 104 cm³/mol. The van der Waals surface area contributed by atoms with Crippen LogP contribution in [0.15, 0.2) is 48.5 Å². The highest BCUT2D eigenvalue weighted by Gasteiger charge is 2.12. The number of ether oxygens (including phenoxy) is 3. The van der Waals surface area contributed by atoms with Crippen molar-refractivity contribution in [3.8, 4) is 5.75 Å². The molecule has 0 spiro atoms. The highest BCUT2D eigenvalue weighted by molar-refractivity contribution is 5.96. The second kappa shape index (κ2) is 10.1. The van der Waals surface area contributed by atoms with Crippen LogP contribution in [0.3, 0.4) is 0 Å². The fourth-order valence-electron chi connectivity index (χ4n) is 2.24. The van der Waals surface area contributed by atoms with E-state index in [9.17, 15) is 14.4 Å². The van der Waals surface area contributed by atoms with Crippen LogP contribution >= 0.6 is 0 Å². The van der Waals surface area contributed by atoms with Gasteiger partial charge in [-0.2, -0.15) is 0 Å². The molecule has 0 radical (unpaired) electrons. The van der Waals surface area contributed by atoms with Crippen molar-refractivity contribution < 1.29 is 28.6 Å². The van der Waals surface area contributed by atoms with Crippen molar-refractivity contribution in [1.29, 1.82) is 0 Å². The molecule has 0 aliphatic heterocycles. The van der Waals surface area contributed by atoms with Crippen LogP contribution in [0.2, 0.25) is 0 Å². The maximum atomic E-state index is 12.0. The van der Waals surface area contributed by atoms with Crippen LogP contribution in [0.5, 0.6) is 5.75 Å². The summed E-state index contributed by atoms with van der Waals surface area (Å²) in [7, 11) is 0. The zero-order valence-electron chi connectivity index (χ0n) is 16.1. The van der Waals surface area contributed by atoms with Gasteiger partial charge in [0.2, 0.25) is 0 Å². The van der Waals surface area contributed by atoms with Crippen molar-refractivity contribution in [2.45, 2.75) is 26.9 Å². The highest BCUT2D eigenvalue weighted by atomic mass is 16.5. The number of carbonyl (C=O) groups is 3. The Kier molecular flexibility index (Phi) is 7.56. The minimum absolute atomic E-state index is 0.211. The molecule has 0 saturated heterocycles. The Bertz CT molecular complexity index is 812. The van der Waals surface area contributed by atoms with Crippen molar-refractivity contribution >= 4 is 23.5 Å². The molecule has 2 rings (SSSR count). The molecule has 1 amide bonds. The minimum Gasteiger partial charge on any atom is -0.494 e. The van der Waals surface area contributed by atoms with Crippen molar-refractivity contribution in [2.24, 2.45) is 0 Å². The molecule has 0 fully saturated rings. The molecular weight excluding hydrogens is 362 g/mol. The van der Waals surface area contributed by atoms with Crippen LogP contribution in [0, 0.1) is 0 Å². The molecule has 0 saturated carbocycles. The standard InChI is InChI=1S/C21H23NO6/c1-4-26-18-11-7-15(8-12-18)20(24)27-13-19(23)22-17-9-5-16(6-10-17)21(25)28-14(2)3/h5-12,14H,4,13H2,1-3H3,(H,22,23). The molecule has 7 nitrogen and oxygen atoms in total. The van der Waals surface area contributed by atoms with E-state index in [0.717, 1.165) is 0 Å². The van der Waals surface area contributed by atoms with Gasteiger partial charge in [0.1, 0.15) is 5.75 Å². The third-order valence-electron chi connectivity index (χ3n) is 3.48. The van der Waals surface area contributed by atoms with Gasteiger partial charge in [-0.1, -0.05) is 0 Å². The number of nitrogens with one attached hydrogen (secondary N) is 1. The van der Waals surface area contributed by atoms with Crippen LogP contribution in [0.25, 0.3) is 0 Å². The van der Waals surface area contributed by atoms with Gasteiger partial charge in [-0.15, -0.1) is 0 Å². The van der Waals surface area contributed by atoms with Crippen molar-refractivity contribution in [3.05, 3.63) is 59.7 Å². The fraction of sp³-hybridized carbons (Fsp3) is 0.286. The normalized spacial score (nSPS) is 10.3. The molecule has 0 aliphatic rings. The topological polar surface area (TPSA) is 90.9 Å². The Hall–Kier alpha value is -3.35. The van der Waals surface area contributed by atoms with Gasteiger partial charge in [-0.3, -0.25) is 4.79 Å². The summed E-state index contributed by atoms with van der Waals surface area (Å²) in [4.78, 5) is 35.7. The lowest BCUT2D eigenvalue weighted by molar-refractivity contribution is -0.119. The summed E-state index contributed by atoms with van der Waals surface area (Å²) in [5.74, 6) is -0.878. The summed E-state index contributed by atoms with van der Waals surface area (Å²) in [6, 6.07) is 12.7. The van der Waals surface area contributed by atoms with E-state index in [2.05, 4.69) is 5.32 Å². The maximum absolute atomic E-state index is 12.0. The molecule has 1 N–H and O–H groups in total. The first kappa shape index (κ1) is 21.0. The van der Waals surface area contributed by atoms with E-state index in [0.29, 0.717) is 29.2 Å². The number of anilines is 1. The smallest absolute Gasteiger partial charge is 0.338 e. The second-order valence-corrected chi connectivity index (χ2v) is 6.11. The average Bonchev–Trinajstić information content (AvgIpc) is 2.67. The second-order valence-electron chi connectivity index (χ2n) is 6.11. The third-order valence-corrected chi connectivity index (χ3v) is 3.48. The first-order valence-electron chi connectivity index (χ1n) is 8.90. The van der Waals surface area contributed by atoms with Gasteiger partial charge < -0.3 is 19.5 Å². The number of carbonyl (C=O) groups excluding carboxylic acids is 3. The third kappa shape index (κ3) is 6.42. The summed E-state index contributed by atoms with van der Waals surface area (Å²) < 4.78 is 15.4. The molecular formula is C21H23NO6. The number of esters is 2. The lowest BCUT2D eigenvalue weighted by Gasteiger charge is -2.09. The summed E-state index contributed by atoms with van der Waals surface area (Å²) >= 11 is 0. The van der Waals surface area contributed by atoms with Crippen LogP contribution in [-0.4, -0.2) is 37.2 Å². The lowest BCUT2D eigenvalue weighted by Crippen LogP contribution is -2.21. The van der Waals surface area contributed by atoms with Crippen molar-refractivity contribution in [3.63, 3.8) is 0 Å². The van der Waals surface area contributed by atoms with Gasteiger partial charge in [-0.25, -0.2) is 9.59 Å². The molecule has 0 aliphatic carbocycles. The number of hydrogen-bond donors (Lipinski definition) is 1. The monoisotopic (exact) mass is 385 g/mol. The highest BCUT2D eigenvalue weighted by Crippen LogP contribution is 2.14. The Labute approximate surface area is 163 Å². The Balaban J connectivity index is 1.83. The number of rotatable bonds is 8. The van der Waals surface area contributed by atoms with Gasteiger partial charge in [-0.05, 0) is 69.3 Å². The van der Waals surface area contributed by atoms with Gasteiger partial charge in [0.05, 0.1) is 23.8 Å². The lowest BCUT2D eigenvalue weighted by atomic mass is 10.2. The summed E-state index contributed by atoms with van der Waals surface area (Å²) in [5.41, 5.74) is 1.18. The van der Waals surface area contributed by atoms with Crippen LogP contribution in [0.4, 0.5) is 5.69 Å². The summed E-state index contributed by atoms with van der Waals surface area (Å²) in [5, 5.41) is 2.59. The minimum atomic E-state index is -0.607.